The summed E-state index contributed by atoms with van der Waals surface area (Å²) in [6.07, 6.45) is 1.43. The number of fused-ring (bicyclic) bond motifs is 1. The third-order valence-corrected chi connectivity index (χ3v) is 3.05. The van der Waals surface area contributed by atoms with Crippen LogP contribution in [0, 0.1) is 0 Å². The fourth-order valence-electron chi connectivity index (χ4n) is 2.03. The van der Waals surface area contributed by atoms with E-state index in [4.69, 9.17) is 9.26 Å². The van der Waals surface area contributed by atoms with Crippen molar-refractivity contribution in [3.05, 3.63) is 53.9 Å². The SMILES string of the molecule is O=C(OCc1ccno1)c1cc(O)c2ccccc2c1O. The van der Waals surface area contributed by atoms with Gasteiger partial charge in [-0.3, -0.25) is 0 Å². The number of hydrogen-bond acceptors (Lipinski definition) is 6. The largest absolute Gasteiger partial charge is 0.507 e. The lowest BCUT2D eigenvalue weighted by molar-refractivity contribution is 0.0434. The van der Waals surface area contributed by atoms with Gasteiger partial charge in [0.05, 0.1) is 6.20 Å². The summed E-state index contributed by atoms with van der Waals surface area (Å²) < 4.78 is 9.82. The summed E-state index contributed by atoms with van der Waals surface area (Å²) in [7, 11) is 0. The maximum absolute atomic E-state index is 12.0. The van der Waals surface area contributed by atoms with E-state index in [1.807, 2.05) is 0 Å². The summed E-state index contributed by atoms with van der Waals surface area (Å²) in [5, 5.41) is 24.4. The Labute approximate surface area is 119 Å². The van der Waals surface area contributed by atoms with Gasteiger partial charge in [0.1, 0.15) is 17.1 Å². The molecule has 3 rings (SSSR count). The molecule has 0 aliphatic heterocycles. The number of benzene rings is 2. The molecule has 0 atom stereocenters. The second-order valence-corrected chi connectivity index (χ2v) is 4.39. The Kier molecular flexibility index (Phi) is 3.19. The first kappa shape index (κ1) is 13.0. The standard InChI is InChI=1S/C15H11NO5/c17-13-7-12(14(18)11-4-2-1-3-10(11)13)15(19)20-8-9-5-6-16-21-9/h1-7,17-18H,8H2. The molecule has 1 aromatic heterocycles. The summed E-state index contributed by atoms with van der Waals surface area (Å²) in [6.45, 7) is -0.105. The molecular weight excluding hydrogens is 274 g/mol. The molecule has 3 aromatic rings. The number of phenolic OH excluding ortho intramolecular Hbond substituents is 2. The molecule has 0 amide bonds. The van der Waals surface area contributed by atoms with Crippen LogP contribution in [0.15, 0.2) is 47.1 Å². The Bertz CT molecular complexity index is 795. The second-order valence-electron chi connectivity index (χ2n) is 4.39. The van der Waals surface area contributed by atoms with Crippen LogP contribution in [0.1, 0.15) is 16.1 Å². The van der Waals surface area contributed by atoms with E-state index in [0.29, 0.717) is 16.5 Å². The normalized spacial score (nSPS) is 10.7. The lowest BCUT2D eigenvalue weighted by Crippen LogP contribution is -2.05. The number of aromatic hydroxyl groups is 2. The third-order valence-electron chi connectivity index (χ3n) is 3.05. The maximum Gasteiger partial charge on any atom is 0.342 e. The molecule has 2 aromatic carbocycles. The van der Waals surface area contributed by atoms with Crippen LogP contribution >= 0.6 is 0 Å². The molecule has 0 aliphatic rings. The number of carbonyl (C=O) groups is 1. The number of phenols is 2. The van der Waals surface area contributed by atoms with Crippen LogP contribution in [0.2, 0.25) is 0 Å². The van der Waals surface area contributed by atoms with E-state index in [0.717, 1.165) is 0 Å². The van der Waals surface area contributed by atoms with Crippen molar-refractivity contribution in [3.8, 4) is 11.5 Å². The Balaban J connectivity index is 1.92. The fourth-order valence-corrected chi connectivity index (χ4v) is 2.03. The van der Waals surface area contributed by atoms with Crippen molar-refractivity contribution in [2.45, 2.75) is 6.61 Å². The Morgan fingerprint density at radius 2 is 1.95 bits per heavy atom. The second kappa shape index (κ2) is 5.16. The van der Waals surface area contributed by atoms with E-state index in [2.05, 4.69) is 5.16 Å². The first-order valence-corrected chi connectivity index (χ1v) is 6.17. The average Bonchev–Trinajstić information content (AvgIpc) is 3.02. The summed E-state index contributed by atoms with van der Waals surface area (Å²) >= 11 is 0. The summed E-state index contributed by atoms with van der Waals surface area (Å²) in [5.41, 5.74) is -0.106. The summed E-state index contributed by atoms with van der Waals surface area (Å²) in [5.74, 6) is -0.709. The first-order valence-electron chi connectivity index (χ1n) is 6.17. The van der Waals surface area contributed by atoms with Gasteiger partial charge in [0, 0.05) is 16.8 Å². The van der Waals surface area contributed by atoms with E-state index in [1.165, 1.54) is 12.3 Å². The minimum Gasteiger partial charge on any atom is -0.507 e. The van der Waals surface area contributed by atoms with E-state index in [9.17, 15) is 15.0 Å². The molecule has 0 spiro atoms. The minimum absolute atomic E-state index is 0.102. The monoisotopic (exact) mass is 285 g/mol. The molecule has 6 nitrogen and oxygen atoms in total. The van der Waals surface area contributed by atoms with Gasteiger partial charge in [-0.15, -0.1) is 0 Å². The number of nitrogens with zero attached hydrogens (tertiary/aromatic N) is 1. The molecular formula is C15H11NO5. The smallest absolute Gasteiger partial charge is 0.342 e. The number of aromatic nitrogens is 1. The summed E-state index contributed by atoms with van der Waals surface area (Å²) in [4.78, 5) is 12.0. The zero-order valence-electron chi connectivity index (χ0n) is 10.8. The van der Waals surface area contributed by atoms with Gasteiger partial charge < -0.3 is 19.5 Å². The van der Waals surface area contributed by atoms with Crippen LogP contribution in [0.4, 0.5) is 0 Å². The molecule has 0 saturated carbocycles. The van der Waals surface area contributed by atoms with Crippen molar-refractivity contribution in [2.75, 3.05) is 0 Å². The van der Waals surface area contributed by atoms with E-state index in [-0.39, 0.29) is 23.7 Å². The number of esters is 1. The van der Waals surface area contributed by atoms with Crippen molar-refractivity contribution in [1.29, 1.82) is 0 Å². The highest BCUT2D eigenvalue weighted by Gasteiger charge is 2.18. The lowest BCUT2D eigenvalue weighted by Gasteiger charge is -2.09. The highest BCUT2D eigenvalue weighted by Crippen LogP contribution is 2.35. The van der Waals surface area contributed by atoms with Gasteiger partial charge in [-0.25, -0.2) is 4.79 Å². The Morgan fingerprint density at radius 3 is 2.67 bits per heavy atom. The van der Waals surface area contributed by atoms with Gasteiger partial charge >= 0.3 is 5.97 Å². The third kappa shape index (κ3) is 2.38. The molecule has 0 bridgehead atoms. The van der Waals surface area contributed by atoms with E-state index >= 15 is 0 Å². The topological polar surface area (TPSA) is 92.8 Å². The van der Waals surface area contributed by atoms with Crippen LogP contribution in [0.3, 0.4) is 0 Å². The van der Waals surface area contributed by atoms with Crippen molar-refractivity contribution in [2.24, 2.45) is 0 Å². The lowest BCUT2D eigenvalue weighted by atomic mass is 10.0. The molecule has 6 heteroatoms. The van der Waals surface area contributed by atoms with Crippen molar-refractivity contribution < 1.29 is 24.3 Å². The van der Waals surface area contributed by atoms with Crippen LogP contribution in [0.25, 0.3) is 10.8 Å². The van der Waals surface area contributed by atoms with Gasteiger partial charge in [-0.1, -0.05) is 29.4 Å². The van der Waals surface area contributed by atoms with Gasteiger partial charge in [0.25, 0.3) is 0 Å². The predicted molar refractivity (Wildman–Crippen MR) is 72.9 cm³/mol. The van der Waals surface area contributed by atoms with Crippen molar-refractivity contribution in [3.63, 3.8) is 0 Å². The number of rotatable bonds is 3. The molecule has 0 fully saturated rings. The zero-order valence-corrected chi connectivity index (χ0v) is 10.8. The summed E-state index contributed by atoms with van der Waals surface area (Å²) in [6, 6.07) is 9.42. The molecule has 21 heavy (non-hydrogen) atoms. The Morgan fingerprint density at radius 1 is 1.19 bits per heavy atom. The number of hydrogen-bond donors (Lipinski definition) is 2. The van der Waals surface area contributed by atoms with E-state index in [1.54, 1.807) is 30.3 Å². The first-order chi connectivity index (χ1) is 10.2. The van der Waals surface area contributed by atoms with Gasteiger partial charge in [-0.2, -0.15) is 0 Å². The molecule has 0 radical (unpaired) electrons. The molecule has 0 saturated heterocycles. The molecule has 106 valence electrons. The number of carbonyl (C=O) groups excluding carboxylic acids is 1. The van der Waals surface area contributed by atoms with Gasteiger partial charge in [0.15, 0.2) is 12.4 Å². The van der Waals surface area contributed by atoms with Gasteiger partial charge in [-0.05, 0) is 6.07 Å². The average molecular weight is 285 g/mol. The highest BCUT2D eigenvalue weighted by atomic mass is 16.5. The van der Waals surface area contributed by atoms with Crippen LogP contribution < -0.4 is 0 Å². The van der Waals surface area contributed by atoms with Crippen LogP contribution in [-0.2, 0) is 11.3 Å². The Hall–Kier alpha value is -3.02. The molecule has 1 heterocycles. The van der Waals surface area contributed by atoms with Gasteiger partial charge in [0.2, 0.25) is 0 Å². The minimum atomic E-state index is -0.759. The number of ether oxygens (including phenoxy) is 1. The van der Waals surface area contributed by atoms with Crippen LogP contribution in [0.5, 0.6) is 11.5 Å². The quantitative estimate of drug-likeness (QED) is 0.567. The highest BCUT2D eigenvalue weighted by molar-refractivity contribution is 6.03. The molecule has 0 aliphatic carbocycles. The molecule has 0 unspecified atom stereocenters. The van der Waals surface area contributed by atoms with Crippen LogP contribution in [-0.4, -0.2) is 21.3 Å². The fraction of sp³-hybridized carbons (Fsp3) is 0.0667. The zero-order chi connectivity index (χ0) is 14.8. The van der Waals surface area contributed by atoms with Crippen molar-refractivity contribution >= 4 is 16.7 Å². The maximum atomic E-state index is 12.0. The predicted octanol–water partition coefficient (Wildman–Crippen LogP) is 2.60. The van der Waals surface area contributed by atoms with Crippen molar-refractivity contribution in [1.82, 2.24) is 5.16 Å². The molecule has 2 N–H and O–H groups in total. The van der Waals surface area contributed by atoms with E-state index < -0.39 is 5.97 Å².